The summed E-state index contributed by atoms with van der Waals surface area (Å²) in [6.45, 7) is 5.24. The molecule has 1 N–H and O–H groups in total. The molecule has 6 aromatic carbocycles. The van der Waals surface area contributed by atoms with Crippen molar-refractivity contribution in [1.29, 1.82) is 0 Å². The molecule has 2 aliphatic heterocycles. The Hall–Kier alpha value is -7.81. The summed E-state index contributed by atoms with van der Waals surface area (Å²) in [5.41, 5.74) is 6.93. The Bertz CT molecular complexity index is 3220. The van der Waals surface area contributed by atoms with Gasteiger partial charge in [0.2, 0.25) is 20.0 Å². The molecule has 0 saturated heterocycles. The zero-order chi connectivity index (χ0) is 48.2. The average molecular weight is 971 g/mol. The van der Waals surface area contributed by atoms with Gasteiger partial charge in [-0.1, -0.05) is 60.5 Å². The van der Waals surface area contributed by atoms with E-state index in [1.807, 2.05) is 109 Å². The summed E-state index contributed by atoms with van der Waals surface area (Å²) in [5.74, 6) is 2.41. The van der Waals surface area contributed by atoms with Crippen molar-refractivity contribution >= 4 is 74.7 Å². The van der Waals surface area contributed by atoms with Gasteiger partial charge in [0, 0.05) is 55.4 Å². The molecule has 0 fully saturated rings. The molecule has 4 heterocycles. The summed E-state index contributed by atoms with van der Waals surface area (Å²) in [6.07, 6.45) is 1.33. The average Bonchev–Trinajstić information content (AvgIpc) is 4.16. The molecule has 0 radical (unpaired) electrons. The summed E-state index contributed by atoms with van der Waals surface area (Å²) in [4.78, 5) is 38.6. The number of nitrogens with zero attached hydrogens (tertiary/aromatic N) is 3. The third kappa shape index (κ3) is 9.54. The lowest BCUT2D eigenvalue weighted by molar-refractivity contribution is -0.106. The van der Waals surface area contributed by atoms with E-state index in [1.54, 1.807) is 47.8 Å². The number of aromatic nitrogens is 2. The number of hydrogen-bond donors (Lipinski definition) is 1. The highest BCUT2D eigenvalue weighted by Crippen LogP contribution is 2.40. The van der Waals surface area contributed by atoms with Gasteiger partial charge in [-0.3, -0.25) is 9.69 Å². The minimum absolute atomic E-state index is 0.140. The van der Waals surface area contributed by atoms with Crippen LogP contribution in [-0.2, 0) is 35.6 Å². The van der Waals surface area contributed by atoms with Gasteiger partial charge in [-0.05, 0) is 114 Å². The number of aromatic carboxylic acids is 1. The summed E-state index contributed by atoms with van der Waals surface area (Å²) < 4.78 is 41.9. The van der Waals surface area contributed by atoms with Crippen LogP contribution in [0.5, 0.6) is 34.5 Å². The number of methoxy groups -OCH3 is 1. The molecular formula is C53H45Cl2N3O11. The first kappa shape index (κ1) is 46.3. The molecule has 0 unspecified atom stereocenters. The van der Waals surface area contributed by atoms with Gasteiger partial charge in [0.15, 0.2) is 23.0 Å². The number of carboxylic acid groups (broad SMARTS) is 1. The number of para-hydroxylation sites is 1. The van der Waals surface area contributed by atoms with Crippen LogP contribution in [0, 0.1) is 0 Å². The van der Waals surface area contributed by atoms with Gasteiger partial charge in [0.1, 0.15) is 29.5 Å². The van der Waals surface area contributed by atoms with E-state index in [9.17, 15) is 19.5 Å². The molecule has 0 aliphatic carbocycles. The van der Waals surface area contributed by atoms with Gasteiger partial charge in [-0.2, -0.15) is 0 Å². The molecular weight excluding hydrogens is 925 g/mol. The van der Waals surface area contributed by atoms with E-state index in [1.165, 1.54) is 0 Å². The maximum Gasteiger partial charge on any atom is 0.354 e. The molecule has 10 rings (SSSR count). The third-order valence-electron chi connectivity index (χ3n) is 11.8. The van der Waals surface area contributed by atoms with Crippen LogP contribution < -0.4 is 33.3 Å². The van der Waals surface area contributed by atoms with Crippen molar-refractivity contribution < 1.29 is 52.6 Å². The van der Waals surface area contributed by atoms with Crippen LogP contribution in [0.4, 0.5) is 11.4 Å². The number of carbonyl (C=O) groups is 3. The number of carboxylic acids is 1. The Morgan fingerprint density at radius 1 is 0.710 bits per heavy atom. The summed E-state index contributed by atoms with van der Waals surface area (Å²) >= 11 is 13.0. The molecule has 16 heteroatoms. The van der Waals surface area contributed by atoms with Crippen molar-refractivity contribution in [3.8, 4) is 34.5 Å². The van der Waals surface area contributed by atoms with Crippen molar-refractivity contribution in [3.05, 3.63) is 165 Å². The number of fused-ring (bicyclic) bond motifs is 4. The highest BCUT2D eigenvalue weighted by Gasteiger charge is 2.25. The van der Waals surface area contributed by atoms with E-state index in [-0.39, 0.29) is 32.4 Å². The number of halogens is 2. The predicted molar refractivity (Wildman–Crippen MR) is 261 cm³/mol. The number of hydrogen-bond acceptors (Lipinski definition) is 10. The van der Waals surface area contributed by atoms with Crippen molar-refractivity contribution in [2.45, 2.75) is 40.0 Å². The third-order valence-corrected chi connectivity index (χ3v) is 12.5. The first-order valence-corrected chi connectivity index (χ1v) is 22.7. The van der Waals surface area contributed by atoms with Crippen molar-refractivity contribution in [2.75, 3.05) is 32.2 Å². The van der Waals surface area contributed by atoms with Crippen LogP contribution in [0.1, 0.15) is 57.1 Å². The Kier molecular flexibility index (Phi) is 13.6. The molecule has 8 aromatic rings. The smallest absolute Gasteiger partial charge is 0.354 e. The number of aryl methyl sites for hydroxylation is 1. The minimum atomic E-state index is -0.990. The molecule has 2 aromatic heterocycles. The Balaban J connectivity index is 0.000000172. The first-order valence-electron chi connectivity index (χ1n) is 22.0. The second-order valence-electron chi connectivity index (χ2n) is 15.9. The number of benzene rings is 6. The van der Waals surface area contributed by atoms with Crippen LogP contribution in [0.15, 0.2) is 121 Å². The van der Waals surface area contributed by atoms with Gasteiger partial charge in [0.25, 0.3) is 0 Å². The van der Waals surface area contributed by atoms with Crippen LogP contribution in [0.3, 0.4) is 0 Å². The van der Waals surface area contributed by atoms with E-state index in [4.69, 9.17) is 56.4 Å². The van der Waals surface area contributed by atoms with Crippen LogP contribution in [-0.4, -0.2) is 59.9 Å². The maximum absolute atomic E-state index is 12.8. The Morgan fingerprint density at radius 2 is 1.32 bits per heavy atom. The molecule has 352 valence electrons. The Morgan fingerprint density at radius 3 is 1.91 bits per heavy atom. The second kappa shape index (κ2) is 20.2. The fourth-order valence-corrected chi connectivity index (χ4v) is 8.89. The fourth-order valence-electron chi connectivity index (χ4n) is 8.46. The standard InChI is InChI=1S/C27H24ClNO6.C26H21ClN2O5/c1-3-20-21-11-19(33-14-16-4-6-18(32-2)7-5-16)8-9-23(21)29(26(20)27(30)31)13-17-10-24-25(12-22(17)28)35-15-34-24;1-2-32-26(31)23-11-17-10-20(29(15-30)19-6-4-3-5-7-19)8-9-22(17)28(23)14-18-12-24-25(13-21(18)27)34-16-33-24/h4-12H,3,13-15H2,1-2H3,(H,30,31);3-13,15H,2,14,16H2,1H3. The monoisotopic (exact) mass is 969 g/mol. The van der Waals surface area contributed by atoms with Gasteiger partial charge in [-0.25, -0.2) is 9.59 Å². The van der Waals surface area contributed by atoms with Crippen molar-refractivity contribution in [3.63, 3.8) is 0 Å². The minimum Gasteiger partial charge on any atom is -0.497 e. The Labute approximate surface area is 406 Å². The topological polar surface area (TPSA) is 149 Å². The SMILES string of the molecule is CCOC(=O)c1cc2cc(N(C=O)c3ccccc3)ccc2n1Cc1cc2c(cc1Cl)OCO2.CCc1c(C(=O)O)n(Cc2cc3c(cc2Cl)OCO3)c2ccc(OCc3ccc(OC)cc3)cc12. The second-order valence-corrected chi connectivity index (χ2v) is 16.7. The van der Waals surface area contributed by atoms with Gasteiger partial charge in [-0.15, -0.1) is 0 Å². The zero-order valence-corrected chi connectivity index (χ0v) is 39.2. The molecule has 14 nitrogen and oxygen atoms in total. The predicted octanol–water partition coefficient (Wildman–Crippen LogP) is 11.5. The van der Waals surface area contributed by atoms with Gasteiger partial charge < -0.3 is 47.4 Å². The quantitative estimate of drug-likeness (QED) is 0.0773. The summed E-state index contributed by atoms with van der Waals surface area (Å²) in [7, 11) is 1.63. The summed E-state index contributed by atoms with van der Waals surface area (Å²) in [6, 6.07) is 37.1. The number of amides is 1. The van der Waals surface area contributed by atoms with Crippen LogP contribution >= 0.6 is 23.2 Å². The lowest BCUT2D eigenvalue weighted by Gasteiger charge is -2.18. The van der Waals surface area contributed by atoms with Gasteiger partial charge >= 0.3 is 11.9 Å². The first-order chi connectivity index (χ1) is 33.6. The molecule has 0 bridgehead atoms. The maximum atomic E-state index is 12.8. The summed E-state index contributed by atoms with van der Waals surface area (Å²) in [5, 5.41) is 12.7. The highest BCUT2D eigenvalue weighted by atomic mass is 35.5. The van der Waals surface area contributed by atoms with Crippen molar-refractivity contribution in [1.82, 2.24) is 9.13 Å². The van der Waals surface area contributed by atoms with E-state index >= 15 is 0 Å². The van der Waals surface area contributed by atoms with Crippen molar-refractivity contribution in [2.24, 2.45) is 0 Å². The molecule has 0 spiro atoms. The molecule has 0 atom stereocenters. The largest absolute Gasteiger partial charge is 0.497 e. The van der Waals surface area contributed by atoms with Crippen LogP contribution in [0.2, 0.25) is 10.0 Å². The lowest BCUT2D eigenvalue weighted by atomic mass is 10.1. The fraction of sp³-hybridized carbons (Fsp3) is 0.189. The van der Waals surface area contributed by atoms with E-state index in [0.717, 1.165) is 61.9 Å². The number of carbonyl (C=O) groups excluding carboxylic acids is 2. The number of anilines is 2. The molecule has 1 amide bonds. The molecule has 2 aliphatic rings. The lowest BCUT2D eigenvalue weighted by Crippen LogP contribution is -2.14. The number of esters is 1. The number of rotatable bonds is 15. The van der Waals surface area contributed by atoms with E-state index < -0.39 is 11.9 Å². The highest BCUT2D eigenvalue weighted by molar-refractivity contribution is 6.32. The van der Waals surface area contributed by atoms with E-state index in [2.05, 4.69) is 0 Å². The zero-order valence-electron chi connectivity index (χ0n) is 37.7. The molecule has 0 saturated carbocycles. The normalized spacial score (nSPS) is 12.1. The molecule has 69 heavy (non-hydrogen) atoms. The van der Waals surface area contributed by atoms with Gasteiger partial charge in [0.05, 0.1) is 26.8 Å². The van der Waals surface area contributed by atoms with Crippen LogP contribution in [0.25, 0.3) is 21.8 Å². The number of ether oxygens (including phenoxy) is 7. The van der Waals surface area contributed by atoms with E-state index in [0.29, 0.717) is 69.7 Å².